The maximum absolute atomic E-state index is 12.1. The van der Waals surface area contributed by atoms with Gasteiger partial charge in [-0.2, -0.15) is 0 Å². The van der Waals surface area contributed by atoms with E-state index in [1.807, 2.05) is 0 Å². The maximum atomic E-state index is 12.1. The second-order valence-electron chi connectivity index (χ2n) is 7.62. The van der Waals surface area contributed by atoms with Gasteiger partial charge >= 0.3 is 13.6 Å². The number of anilines is 1. The van der Waals surface area contributed by atoms with E-state index in [1.54, 1.807) is 31.7 Å². The van der Waals surface area contributed by atoms with Crippen LogP contribution in [0.3, 0.4) is 0 Å². The minimum atomic E-state index is -4.07. The lowest BCUT2D eigenvalue weighted by Gasteiger charge is -2.17. The van der Waals surface area contributed by atoms with Crippen LogP contribution in [0.4, 0.5) is 5.82 Å². The van der Waals surface area contributed by atoms with Crippen molar-refractivity contribution in [1.82, 2.24) is 19.5 Å². The summed E-state index contributed by atoms with van der Waals surface area (Å²) in [5, 5.41) is 0. The zero-order chi connectivity index (χ0) is 21.2. The predicted octanol–water partition coefficient (Wildman–Crippen LogP) is 2.35. The highest BCUT2D eigenvalue weighted by atomic mass is 31.2. The predicted molar refractivity (Wildman–Crippen MR) is 103 cm³/mol. The monoisotopic (exact) mass is 425 g/mol. The lowest BCUT2D eigenvalue weighted by Crippen LogP contribution is -2.23. The Morgan fingerprint density at radius 3 is 2.90 bits per heavy atom. The van der Waals surface area contributed by atoms with E-state index in [0.717, 1.165) is 5.82 Å². The van der Waals surface area contributed by atoms with Crippen molar-refractivity contribution in [3.63, 3.8) is 0 Å². The van der Waals surface area contributed by atoms with Gasteiger partial charge in [0.25, 0.3) is 0 Å². The molecule has 3 unspecified atom stereocenters. The second kappa shape index (κ2) is 8.19. The number of nitrogen functional groups attached to an aromatic ring is 1. The molecule has 0 saturated carbocycles. The summed E-state index contributed by atoms with van der Waals surface area (Å²) < 4.78 is 29.4. The Morgan fingerprint density at radius 2 is 2.17 bits per heavy atom. The van der Waals surface area contributed by atoms with Gasteiger partial charge in [0, 0.05) is 5.82 Å². The zero-order valence-electron chi connectivity index (χ0n) is 16.4. The fraction of sp³-hybridized carbons (Fsp3) is 0.529. The molecule has 1 saturated heterocycles. The first kappa shape index (κ1) is 21.4. The molecule has 3 rings (SSSR count). The number of nitrogens with two attached hydrogens (primary N) is 1. The van der Waals surface area contributed by atoms with Crippen molar-refractivity contribution < 1.29 is 28.3 Å². The van der Waals surface area contributed by atoms with Gasteiger partial charge in [-0.15, -0.1) is 0 Å². The molecule has 1 aliphatic rings. The first-order valence-corrected chi connectivity index (χ1v) is 10.6. The number of nitrogens with zero attached hydrogens (tertiary/aromatic N) is 4. The number of carbonyl (C=O) groups is 1. The molecule has 0 radical (unpaired) electrons. The number of hydrogen-bond donors (Lipinski definition) is 2. The number of imidazole rings is 1. The van der Waals surface area contributed by atoms with E-state index >= 15 is 0 Å². The molecule has 0 aromatic carbocycles. The number of fused-ring (bicyclic) bond motifs is 1. The molecule has 3 atom stereocenters. The molecule has 0 bridgehead atoms. The third-order valence-electron chi connectivity index (χ3n) is 4.26. The minimum absolute atomic E-state index is 0.286. The van der Waals surface area contributed by atoms with E-state index in [4.69, 9.17) is 19.7 Å². The Labute approximate surface area is 167 Å². The Morgan fingerprint density at radius 1 is 1.41 bits per heavy atom. The van der Waals surface area contributed by atoms with Gasteiger partial charge in [-0.25, -0.2) is 15.0 Å². The molecule has 3 heterocycles. The van der Waals surface area contributed by atoms with E-state index in [2.05, 4.69) is 15.0 Å². The van der Waals surface area contributed by atoms with Crippen molar-refractivity contribution in [2.24, 2.45) is 5.41 Å². The summed E-state index contributed by atoms with van der Waals surface area (Å²) in [7, 11) is -4.07. The summed E-state index contributed by atoms with van der Waals surface area (Å²) in [5.74, 6) is 0.797. The molecule has 1 fully saturated rings. The van der Waals surface area contributed by atoms with Gasteiger partial charge in [-0.05, 0) is 39.7 Å². The third-order valence-corrected chi connectivity index (χ3v) is 5.28. The SMILES string of the molecule is CC(C)(C)C(=O)OCOP(=O)(O)/C=C/C1CCC(n2cnc3c(N)ncnc32)O1. The average Bonchev–Trinajstić information content (AvgIpc) is 3.26. The zero-order valence-corrected chi connectivity index (χ0v) is 17.3. The Bertz CT molecular complexity index is 969. The van der Waals surface area contributed by atoms with Crippen LogP contribution < -0.4 is 5.73 Å². The topological polar surface area (TPSA) is 152 Å². The van der Waals surface area contributed by atoms with Gasteiger partial charge in [0.2, 0.25) is 6.79 Å². The fourth-order valence-electron chi connectivity index (χ4n) is 2.69. The lowest BCUT2D eigenvalue weighted by molar-refractivity contribution is -0.159. The summed E-state index contributed by atoms with van der Waals surface area (Å²) in [6.07, 6.45) is 4.96. The summed E-state index contributed by atoms with van der Waals surface area (Å²) in [6.45, 7) is 4.41. The number of carbonyl (C=O) groups excluding carboxylic acids is 1. The van der Waals surface area contributed by atoms with Crippen LogP contribution in [0.2, 0.25) is 0 Å². The molecule has 12 heteroatoms. The van der Waals surface area contributed by atoms with Crippen LogP contribution in [0.25, 0.3) is 11.2 Å². The standard InChI is InChI=1S/C17H24N5O6P/c1-17(2,3)16(23)26-10-27-29(24,25)7-6-11-4-5-12(28-11)22-9-21-13-14(18)19-8-20-15(13)22/h6-9,11-12H,4-5,10H2,1-3H3,(H,24,25)(H2,18,19,20)/b7-6+. The van der Waals surface area contributed by atoms with Crippen molar-refractivity contribution in [2.75, 3.05) is 12.5 Å². The highest BCUT2D eigenvalue weighted by molar-refractivity contribution is 7.56. The van der Waals surface area contributed by atoms with Crippen LogP contribution in [0.5, 0.6) is 0 Å². The average molecular weight is 425 g/mol. The first-order valence-electron chi connectivity index (χ1n) is 8.99. The second-order valence-corrected chi connectivity index (χ2v) is 9.31. The lowest BCUT2D eigenvalue weighted by atomic mass is 9.98. The van der Waals surface area contributed by atoms with E-state index < -0.39 is 31.9 Å². The number of aromatic nitrogens is 4. The quantitative estimate of drug-likeness (QED) is 0.401. The molecule has 158 valence electrons. The van der Waals surface area contributed by atoms with Crippen LogP contribution in [0.1, 0.15) is 39.8 Å². The highest BCUT2D eigenvalue weighted by Gasteiger charge is 2.28. The van der Waals surface area contributed by atoms with Crippen LogP contribution >= 0.6 is 7.60 Å². The number of hydrogen-bond acceptors (Lipinski definition) is 9. The Kier molecular flexibility index (Phi) is 6.04. The number of rotatable bonds is 6. The Hall–Kier alpha value is -2.33. The summed E-state index contributed by atoms with van der Waals surface area (Å²) in [5.41, 5.74) is 6.12. The van der Waals surface area contributed by atoms with Gasteiger partial charge in [0.05, 0.1) is 17.8 Å². The molecular weight excluding hydrogens is 401 g/mol. The van der Waals surface area contributed by atoms with Gasteiger partial charge in [-0.1, -0.05) is 0 Å². The fourth-order valence-corrected chi connectivity index (χ4v) is 3.39. The maximum Gasteiger partial charge on any atom is 0.354 e. The highest BCUT2D eigenvalue weighted by Crippen LogP contribution is 2.44. The minimum Gasteiger partial charge on any atom is -0.438 e. The Balaban J connectivity index is 1.56. The molecule has 3 N–H and O–H groups in total. The molecule has 0 aliphatic carbocycles. The molecule has 0 spiro atoms. The van der Waals surface area contributed by atoms with Crippen molar-refractivity contribution >= 4 is 30.5 Å². The van der Waals surface area contributed by atoms with Gasteiger partial charge in [0.15, 0.2) is 11.5 Å². The summed E-state index contributed by atoms with van der Waals surface area (Å²) >= 11 is 0. The van der Waals surface area contributed by atoms with Gasteiger partial charge in [0.1, 0.15) is 18.1 Å². The van der Waals surface area contributed by atoms with Crippen molar-refractivity contribution in [3.8, 4) is 0 Å². The van der Waals surface area contributed by atoms with E-state index in [-0.39, 0.29) is 12.0 Å². The third kappa shape index (κ3) is 5.18. The van der Waals surface area contributed by atoms with E-state index in [1.165, 1.54) is 12.4 Å². The largest absolute Gasteiger partial charge is 0.438 e. The van der Waals surface area contributed by atoms with Crippen molar-refractivity contribution in [3.05, 3.63) is 24.5 Å². The summed E-state index contributed by atoms with van der Waals surface area (Å²) in [6, 6.07) is 0. The van der Waals surface area contributed by atoms with Gasteiger partial charge < -0.3 is 20.1 Å². The first-order chi connectivity index (χ1) is 13.6. The molecule has 1 aliphatic heterocycles. The molecular formula is C17H24N5O6P. The normalized spacial score (nSPS) is 22.2. The number of esters is 1. The van der Waals surface area contributed by atoms with Crippen LogP contribution in [-0.2, 0) is 23.4 Å². The molecule has 0 amide bonds. The van der Waals surface area contributed by atoms with E-state index in [9.17, 15) is 14.3 Å². The van der Waals surface area contributed by atoms with Crippen molar-refractivity contribution in [2.45, 2.75) is 45.9 Å². The molecule has 11 nitrogen and oxygen atoms in total. The molecule has 29 heavy (non-hydrogen) atoms. The van der Waals surface area contributed by atoms with Gasteiger partial charge in [-0.3, -0.25) is 18.5 Å². The van der Waals surface area contributed by atoms with Crippen LogP contribution in [-0.4, -0.2) is 43.3 Å². The van der Waals surface area contributed by atoms with E-state index in [0.29, 0.717) is 24.0 Å². The van der Waals surface area contributed by atoms with Crippen molar-refractivity contribution in [1.29, 1.82) is 0 Å². The van der Waals surface area contributed by atoms with Crippen LogP contribution in [0.15, 0.2) is 24.5 Å². The summed E-state index contributed by atoms with van der Waals surface area (Å²) in [4.78, 5) is 33.8. The number of ether oxygens (including phenoxy) is 2. The molecule has 2 aromatic rings. The smallest absolute Gasteiger partial charge is 0.354 e. The molecule has 2 aromatic heterocycles. The van der Waals surface area contributed by atoms with Crippen LogP contribution in [0, 0.1) is 5.41 Å².